The fraction of sp³-hybridized carbons (Fsp3) is 0. The number of nitrogen functional groups attached to an aromatic ring is 1. The Labute approximate surface area is 197 Å². The molecule has 0 bridgehead atoms. The highest BCUT2D eigenvalue weighted by Gasteiger charge is 2.13. The number of phenols is 1. The van der Waals surface area contributed by atoms with Crippen LogP contribution in [0.3, 0.4) is 0 Å². The van der Waals surface area contributed by atoms with Gasteiger partial charge in [-0.15, -0.1) is 0 Å². The van der Waals surface area contributed by atoms with Crippen molar-refractivity contribution in [3.63, 3.8) is 0 Å². The molecule has 3 N–H and O–H groups in total. The largest absolute Gasteiger partial charge is 0.508 e. The van der Waals surface area contributed by atoms with Crippen LogP contribution in [0.15, 0.2) is 121 Å². The van der Waals surface area contributed by atoms with E-state index in [2.05, 4.69) is 89.8 Å². The number of nitrogens with two attached hydrogens (primary N) is 1. The molecule has 1 heterocycles. The standard InChI is InChI=1S/C30H23N3O/c31-33-29-17-13-22(19-27(29)28-20-26(34)16-18-30(28)33)21-11-14-25(15-12-21)32(23-7-3-1-4-8-23)24-9-5-2-6-10-24/h1-20,34H,31H2. The van der Waals surface area contributed by atoms with Crippen LogP contribution in [-0.4, -0.2) is 9.78 Å². The van der Waals surface area contributed by atoms with Gasteiger partial charge in [-0.3, -0.25) is 4.68 Å². The van der Waals surface area contributed by atoms with Crippen LogP contribution in [0.2, 0.25) is 0 Å². The lowest BCUT2D eigenvalue weighted by molar-refractivity contribution is 0.476. The molecule has 34 heavy (non-hydrogen) atoms. The van der Waals surface area contributed by atoms with E-state index in [1.807, 2.05) is 24.3 Å². The van der Waals surface area contributed by atoms with Crippen LogP contribution in [0.25, 0.3) is 32.9 Å². The van der Waals surface area contributed by atoms with Crippen molar-refractivity contribution < 1.29 is 5.11 Å². The molecular formula is C30H23N3O. The predicted octanol–water partition coefficient (Wildman–Crippen LogP) is 7.35. The average molecular weight is 442 g/mol. The normalized spacial score (nSPS) is 11.2. The van der Waals surface area contributed by atoms with Crippen molar-refractivity contribution in [1.29, 1.82) is 0 Å². The Balaban J connectivity index is 1.43. The maximum atomic E-state index is 10.0. The van der Waals surface area contributed by atoms with Gasteiger partial charge in [0.2, 0.25) is 0 Å². The van der Waals surface area contributed by atoms with Gasteiger partial charge in [-0.05, 0) is 77.9 Å². The van der Waals surface area contributed by atoms with Crippen molar-refractivity contribution in [1.82, 2.24) is 4.68 Å². The number of nitrogens with zero attached hydrogens (tertiary/aromatic N) is 2. The third-order valence-electron chi connectivity index (χ3n) is 6.27. The molecule has 5 aromatic carbocycles. The Morgan fingerprint density at radius 2 is 1.03 bits per heavy atom. The number of hydrogen-bond donors (Lipinski definition) is 2. The number of benzene rings is 5. The molecule has 6 rings (SSSR count). The second-order valence-corrected chi connectivity index (χ2v) is 8.36. The van der Waals surface area contributed by atoms with Gasteiger partial charge in [-0.25, -0.2) is 0 Å². The van der Waals surface area contributed by atoms with Crippen LogP contribution in [0.5, 0.6) is 5.75 Å². The number of anilines is 3. The Kier molecular flexibility index (Phi) is 4.70. The first-order valence-corrected chi connectivity index (χ1v) is 11.2. The summed E-state index contributed by atoms with van der Waals surface area (Å²) in [5.41, 5.74) is 7.34. The number of aromatic nitrogens is 1. The molecule has 0 aliphatic heterocycles. The van der Waals surface area contributed by atoms with E-state index >= 15 is 0 Å². The third kappa shape index (κ3) is 3.33. The van der Waals surface area contributed by atoms with Crippen molar-refractivity contribution in [2.45, 2.75) is 0 Å². The molecule has 4 heteroatoms. The summed E-state index contributed by atoms with van der Waals surface area (Å²) < 4.78 is 1.68. The van der Waals surface area contributed by atoms with Gasteiger partial charge in [0, 0.05) is 27.8 Å². The number of hydrogen-bond acceptors (Lipinski definition) is 3. The van der Waals surface area contributed by atoms with E-state index in [0.29, 0.717) is 0 Å². The number of fused-ring (bicyclic) bond motifs is 3. The summed E-state index contributed by atoms with van der Waals surface area (Å²) in [7, 11) is 0. The minimum absolute atomic E-state index is 0.233. The van der Waals surface area contributed by atoms with Crippen molar-refractivity contribution in [3.8, 4) is 16.9 Å². The molecular weight excluding hydrogens is 418 g/mol. The minimum Gasteiger partial charge on any atom is -0.508 e. The SMILES string of the molecule is Nn1c2ccc(O)cc2c2cc(-c3ccc(N(c4ccccc4)c4ccccc4)cc3)ccc21. The van der Waals surface area contributed by atoms with E-state index in [1.54, 1.807) is 16.8 Å². The van der Waals surface area contributed by atoms with Gasteiger partial charge in [0.05, 0.1) is 11.0 Å². The van der Waals surface area contributed by atoms with E-state index in [0.717, 1.165) is 50.0 Å². The van der Waals surface area contributed by atoms with Gasteiger partial charge < -0.3 is 15.8 Å². The van der Waals surface area contributed by atoms with Crippen LogP contribution in [0, 0.1) is 0 Å². The van der Waals surface area contributed by atoms with E-state index < -0.39 is 0 Å². The molecule has 0 aliphatic rings. The first kappa shape index (κ1) is 19.9. The number of rotatable bonds is 4. The van der Waals surface area contributed by atoms with Crippen LogP contribution in [0.4, 0.5) is 17.1 Å². The Morgan fingerprint density at radius 1 is 0.529 bits per heavy atom. The van der Waals surface area contributed by atoms with Crippen molar-refractivity contribution in [2.24, 2.45) is 0 Å². The lowest BCUT2D eigenvalue weighted by Gasteiger charge is -2.25. The summed E-state index contributed by atoms with van der Waals surface area (Å²) in [5.74, 6) is 6.54. The zero-order chi connectivity index (χ0) is 23.1. The van der Waals surface area contributed by atoms with Crippen molar-refractivity contribution >= 4 is 38.9 Å². The monoisotopic (exact) mass is 441 g/mol. The van der Waals surface area contributed by atoms with Crippen LogP contribution >= 0.6 is 0 Å². The minimum atomic E-state index is 0.233. The Hall–Kier alpha value is -4.70. The van der Waals surface area contributed by atoms with Crippen LogP contribution < -0.4 is 10.7 Å². The molecule has 4 nitrogen and oxygen atoms in total. The van der Waals surface area contributed by atoms with Gasteiger partial charge >= 0.3 is 0 Å². The first-order chi connectivity index (χ1) is 16.7. The van der Waals surface area contributed by atoms with Gasteiger partial charge in [-0.1, -0.05) is 54.6 Å². The molecule has 0 aliphatic carbocycles. The molecule has 0 atom stereocenters. The first-order valence-electron chi connectivity index (χ1n) is 11.2. The Morgan fingerprint density at radius 3 is 1.65 bits per heavy atom. The zero-order valence-corrected chi connectivity index (χ0v) is 18.5. The second-order valence-electron chi connectivity index (χ2n) is 8.36. The zero-order valence-electron chi connectivity index (χ0n) is 18.5. The summed E-state index contributed by atoms with van der Waals surface area (Å²) in [5, 5.41) is 12.0. The summed E-state index contributed by atoms with van der Waals surface area (Å²) >= 11 is 0. The molecule has 0 saturated heterocycles. The molecule has 0 amide bonds. The molecule has 0 spiro atoms. The maximum absolute atomic E-state index is 10.0. The summed E-state index contributed by atoms with van der Waals surface area (Å²) in [4.78, 5) is 2.25. The van der Waals surface area contributed by atoms with E-state index in [9.17, 15) is 5.11 Å². The highest BCUT2D eigenvalue weighted by molar-refractivity contribution is 6.09. The highest BCUT2D eigenvalue weighted by Crippen LogP contribution is 2.37. The smallest absolute Gasteiger partial charge is 0.116 e. The van der Waals surface area contributed by atoms with Gasteiger partial charge in [0.1, 0.15) is 5.75 Å². The van der Waals surface area contributed by atoms with Crippen molar-refractivity contribution in [3.05, 3.63) is 121 Å². The lowest BCUT2D eigenvalue weighted by Crippen LogP contribution is -2.09. The molecule has 1 aromatic heterocycles. The molecule has 164 valence electrons. The van der Waals surface area contributed by atoms with E-state index in [-0.39, 0.29) is 5.75 Å². The second kappa shape index (κ2) is 8.01. The third-order valence-corrected chi connectivity index (χ3v) is 6.27. The molecule has 0 unspecified atom stereocenters. The lowest BCUT2D eigenvalue weighted by atomic mass is 10.0. The summed E-state index contributed by atoms with van der Waals surface area (Å²) in [6.45, 7) is 0. The highest BCUT2D eigenvalue weighted by atomic mass is 16.3. The van der Waals surface area contributed by atoms with E-state index in [1.165, 1.54) is 0 Å². The summed E-state index contributed by atoms with van der Waals surface area (Å²) in [6.07, 6.45) is 0. The fourth-order valence-electron chi connectivity index (χ4n) is 4.63. The van der Waals surface area contributed by atoms with E-state index in [4.69, 9.17) is 5.84 Å². The molecule has 0 radical (unpaired) electrons. The fourth-order valence-corrected chi connectivity index (χ4v) is 4.63. The topological polar surface area (TPSA) is 54.4 Å². The number of aromatic hydroxyl groups is 1. The van der Waals surface area contributed by atoms with Gasteiger partial charge in [0.15, 0.2) is 0 Å². The van der Waals surface area contributed by atoms with Crippen LogP contribution in [-0.2, 0) is 0 Å². The van der Waals surface area contributed by atoms with Gasteiger partial charge in [0.25, 0.3) is 0 Å². The number of phenolic OH excluding ortho intramolecular Hbond substituents is 1. The van der Waals surface area contributed by atoms with Crippen molar-refractivity contribution in [2.75, 3.05) is 10.7 Å². The molecule has 0 saturated carbocycles. The maximum Gasteiger partial charge on any atom is 0.116 e. The molecule has 6 aromatic rings. The van der Waals surface area contributed by atoms with Crippen LogP contribution in [0.1, 0.15) is 0 Å². The number of para-hydroxylation sites is 2. The summed E-state index contributed by atoms with van der Waals surface area (Å²) in [6, 6.07) is 40.9. The van der Waals surface area contributed by atoms with Gasteiger partial charge in [-0.2, -0.15) is 0 Å². The molecule has 0 fully saturated rings. The Bertz CT molecular complexity index is 1570. The predicted molar refractivity (Wildman–Crippen MR) is 141 cm³/mol. The quantitative estimate of drug-likeness (QED) is 0.281. The average Bonchev–Trinajstić information content (AvgIpc) is 3.16.